The van der Waals surface area contributed by atoms with E-state index in [1.54, 1.807) is 56.3 Å². The molecule has 3 aromatic carbocycles. The van der Waals surface area contributed by atoms with Crippen LogP contribution < -0.4 is 15.5 Å². The number of nitrogens with one attached hydrogen (secondary N) is 2. The third kappa shape index (κ3) is 7.39. The highest BCUT2D eigenvalue weighted by Crippen LogP contribution is 2.22. The van der Waals surface area contributed by atoms with Crippen molar-refractivity contribution in [3.05, 3.63) is 99.8 Å². The lowest BCUT2D eigenvalue weighted by Crippen LogP contribution is -2.48. The second-order valence-corrected chi connectivity index (χ2v) is 8.65. The lowest BCUT2D eigenvalue weighted by Gasteiger charge is -2.20. The quantitative estimate of drug-likeness (QED) is 0.320. The first kappa shape index (κ1) is 26.4. The SMILES string of the molecule is CC(C)C(NC(=O)c1ccc(F)cc1)C(=O)N/N=C/c1cc(Cl)ccc1OCc1ccc(C#N)cc1. The highest BCUT2D eigenvalue weighted by Gasteiger charge is 2.24. The second-order valence-electron chi connectivity index (χ2n) is 8.22. The van der Waals surface area contributed by atoms with Crippen LogP contribution in [0.3, 0.4) is 0 Å². The minimum atomic E-state index is -0.869. The third-order valence-electron chi connectivity index (χ3n) is 5.17. The first-order chi connectivity index (χ1) is 17.3. The van der Waals surface area contributed by atoms with Crippen molar-refractivity contribution in [1.29, 1.82) is 5.26 Å². The number of hydrazone groups is 1. The number of benzene rings is 3. The Morgan fingerprint density at radius 1 is 1.11 bits per heavy atom. The Morgan fingerprint density at radius 3 is 2.44 bits per heavy atom. The van der Waals surface area contributed by atoms with E-state index in [0.29, 0.717) is 21.9 Å². The summed E-state index contributed by atoms with van der Waals surface area (Å²) in [5, 5.41) is 16.0. The van der Waals surface area contributed by atoms with Crippen LogP contribution in [0.2, 0.25) is 5.02 Å². The smallest absolute Gasteiger partial charge is 0.262 e. The lowest BCUT2D eigenvalue weighted by molar-refractivity contribution is -0.123. The molecular formula is C27H24ClFN4O3. The third-order valence-corrected chi connectivity index (χ3v) is 5.40. The van der Waals surface area contributed by atoms with Gasteiger partial charge in [-0.05, 0) is 66.1 Å². The normalized spacial score (nSPS) is 11.7. The van der Waals surface area contributed by atoms with E-state index in [4.69, 9.17) is 21.6 Å². The van der Waals surface area contributed by atoms with Gasteiger partial charge in [0.2, 0.25) is 0 Å². The van der Waals surface area contributed by atoms with Gasteiger partial charge in [0.25, 0.3) is 11.8 Å². The van der Waals surface area contributed by atoms with E-state index in [9.17, 15) is 14.0 Å². The minimum Gasteiger partial charge on any atom is -0.488 e. The van der Waals surface area contributed by atoms with Gasteiger partial charge < -0.3 is 10.1 Å². The Labute approximate surface area is 213 Å². The zero-order chi connectivity index (χ0) is 26.1. The molecule has 2 amide bonds. The molecule has 0 bridgehead atoms. The van der Waals surface area contributed by atoms with Crippen LogP contribution in [-0.2, 0) is 11.4 Å². The number of rotatable bonds is 9. The van der Waals surface area contributed by atoms with Crippen LogP contribution in [0.15, 0.2) is 71.8 Å². The van der Waals surface area contributed by atoms with Crippen molar-refractivity contribution < 1.29 is 18.7 Å². The average molecular weight is 507 g/mol. The van der Waals surface area contributed by atoms with Gasteiger partial charge in [0.05, 0.1) is 17.8 Å². The average Bonchev–Trinajstić information content (AvgIpc) is 2.87. The monoisotopic (exact) mass is 506 g/mol. The van der Waals surface area contributed by atoms with Crippen molar-refractivity contribution in [1.82, 2.24) is 10.7 Å². The molecule has 9 heteroatoms. The molecule has 184 valence electrons. The summed E-state index contributed by atoms with van der Waals surface area (Å²) in [4.78, 5) is 25.2. The molecule has 0 aliphatic rings. The number of hydrogen-bond acceptors (Lipinski definition) is 5. The number of carbonyl (C=O) groups excluding carboxylic acids is 2. The highest BCUT2D eigenvalue weighted by atomic mass is 35.5. The number of hydrogen-bond donors (Lipinski definition) is 2. The van der Waals surface area contributed by atoms with Crippen molar-refractivity contribution in [2.24, 2.45) is 11.0 Å². The second kappa shape index (κ2) is 12.5. The Kier molecular flexibility index (Phi) is 9.14. The fourth-order valence-corrected chi connectivity index (χ4v) is 3.36. The summed E-state index contributed by atoms with van der Waals surface area (Å²) in [6, 6.07) is 18.3. The first-order valence-corrected chi connectivity index (χ1v) is 11.5. The van der Waals surface area contributed by atoms with Crippen LogP contribution in [0.5, 0.6) is 5.75 Å². The number of ether oxygens (including phenoxy) is 1. The van der Waals surface area contributed by atoms with Crippen LogP contribution in [0, 0.1) is 23.1 Å². The summed E-state index contributed by atoms with van der Waals surface area (Å²) in [7, 11) is 0. The van der Waals surface area contributed by atoms with Crippen LogP contribution >= 0.6 is 11.6 Å². The van der Waals surface area contributed by atoms with E-state index in [2.05, 4.69) is 21.9 Å². The topological polar surface area (TPSA) is 104 Å². The van der Waals surface area contributed by atoms with Crippen molar-refractivity contribution in [3.8, 4) is 11.8 Å². The van der Waals surface area contributed by atoms with Crippen LogP contribution in [0.4, 0.5) is 4.39 Å². The van der Waals surface area contributed by atoms with E-state index in [-0.39, 0.29) is 18.1 Å². The summed E-state index contributed by atoms with van der Waals surface area (Å²) >= 11 is 6.12. The summed E-state index contributed by atoms with van der Waals surface area (Å²) in [5.41, 5.74) is 4.64. The molecule has 0 radical (unpaired) electrons. The Morgan fingerprint density at radius 2 is 1.81 bits per heavy atom. The van der Waals surface area contributed by atoms with Gasteiger partial charge in [0.15, 0.2) is 0 Å². The lowest BCUT2D eigenvalue weighted by atomic mass is 10.0. The van der Waals surface area contributed by atoms with E-state index in [1.807, 2.05) is 0 Å². The van der Waals surface area contributed by atoms with Gasteiger partial charge in [-0.1, -0.05) is 37.6 Å². The van der Waals surface area contributed by atoms with Crippen LogP contribution in [0.1, 0.15) is 40.9 Å². The summed E-state index contributed by atoms with van der Waals surface area (Å²) in [6.07, 6.45) is 1.40. The highest BCUT2D eigenvalue weighted by molar-refractivity contribution is 6.30. The fourth-order valence-electron chi connectivity index (χ4n) is 3.18. The van der Waals surface area contributed by atoms with Gasteiger partial charge in [-0.3, -0.25) is 9.59 Å². The number of amides is 2. The molecule has 0 saturated carbocycles. The largest absolute Gasteiger partial charge is 0.488 e. The molecular weight excluding hydrogens is 483 g/mol. The number of halogens is 2. The maximum absolute atomic E-state index is 13.1. The van der Waals surface area contributed by atoms with Gasteiger partial charge in [-0.15, -0.1) is 0 Å². The molecule has 0 saturated heterocycles. The predicted molar refractivity (Wildman–Crippen MR) is 135 cm³/mol. The molecule has 1 atom stereocenters. The molecule has 0 aliphatic carbocycles. The molecule has 1 unspecified atom stereocenters. The van der Waals surface area contributed by atoms with Gasteiger partial charge >= 0.3 is 0 Å². The standard InChI is InChI=1S/C27H24ClFN4O3/c1-17(2)25(32-26(34)20-7-10-23(29)11-8-20)27(35)33-31-15-21-13-22(28)9-12-24(21)36-16-19-5-3-18(14-30)4-6-19/h3-13,15,17,25H,16H2,1-2H3,(H,32,34)(H,33,35)/b31-15+. The van der Waals surface area contributed by atoms with E-state index in [1.165, 1.54) is 30.5 Å². The molecule has 3 rings (SSSR count). The van der Waals surface area contributed by atoms with Crippen molar-refractivity contribution in [3.63, 3.8) is 0 Å². The Bertz CT molecular complexity index is 1290. The summed E-state index contributed by atoms with van der Waals surface area (Å²) in [5.74, 6) is -1.21. The van der Waals surface area contributed by atoms with Crippen LogP contribution in [0.25, 0.3) is 0 Å². The maximum atomic E-state index is 13.1. The number of nitriles is 1. The van der Waals surface area contributed by atoms with Crippen molar-refractivity contribution in [2.45, 2.75) is 26.5 Å². The summed E-state index contributed by atoms with van der Waals surface area (Å²) in [6.45, 7) is 3.82. The predicted octanol–water partition coefficient (Wildman–Crippen LogP) is 4.83. The molecule has 0 heterocycles. The summed E-state index contributed by atoms with van der Waals surface area (Å²) < 4.78 is 19.0. The van der Waals surface area contributed by atoms with Crippen molar-refractivity contribution in [2.75, 3.05) is 0 Å². The Hall–Kier alpha value is -4.22. The fraction of sp³-hybridized carbons (Fsp3) is 0.185. The van der Waals surface area contributed by atoms with E-state index in [0.717, 1.165) is 5.56 Å². The molecule has 0 aliphatic heterocycles. The van der Waals surface area contributed by atoms with E-state index < -0.39 is 23.7 Å². The van der Waals surface area contributed by atoms with Gasteiger partial charge in [0, 0.05) is 16.1 Å². The first-order valence-electron chi connectivity index (χ1n) is 11.1. The zero-order valence-corrected chi connectivity index (χ0v) is 20.4. The van der Waals surface area contributed by atoms with Gasteiger partial charge in [-0.25, -0.2) is 9.82 Å². The van der Waals surface area contributed by atoms with Crippen molar-refractivity contribution >= 4 is 29.6 Å². The Balaban J connectivity index is 1.65. The van der Waals surface area contributed by atoms with Crippen LogP contribution in [-0.4, -0.2) is 24.1 Å². The minimum absolute atomic E-state index is 0.234. The molecule has 3 aromatic rings. The number of carbonyl (C=O) groups is 2. The molecule has 0 fully saturated rings. The van der Waals surface area contributed by atoms with E-state index >= 15 is 0 Å². The number of nitrogens with zero attached hydrogens (tertiary/aromatic N) is 2. The zero-order valence-electron chi connectivity index (χ0n) is 19.7. The molecule has 0 aromatic heterocycles. The molecule has 36 heavy (non-hydrogen) atoms. The van der Waals surface area contributed by atoms with Gasteiger partial charge in [0.1, 0.15) is 24.2 Å². The maximum Gasteiger partial charge on any atom is 0.262 e. The molecule has 7 nitrogen and oxygen atoms in total. The molecule has 0 spiro atoms. The molecule has 2 N–H and O–H groups in total. The van der Waals surface area contributed by atoms with Gasteiger partial charge in [-0.2, -0.15) is 10.4 Å².